The second-order valence-electron chi connectivity index (χ2n) is 4.74. The van der Waals surface area contributed by atoms with E-state index in [0.29, 0.717) is 16.8 Å². The standard InChI is InChI=1S/C17H12FNO/c1-11-8-13(10-14(18)9-11)17(20)16-7-6-12-4-2-3-5-15(12)19-16/h2-10H,1H3. The largest absolute Gasteiger partial charge is 0.287 e. The van der Waals surface area contributed by atoms with Gasteiger partial charge < -0.3 is 0 Å². The van der Waals surface area contributed by atoms with E-state index in [1.807, 2.05) is 30.3 Å². The Labute approximate surface area is 115 Å². The van der Waals surface area contributed by atoms with Gasteiger partial charge in [0, 0.05) is 10.9 Å². The molecular formula is C17H12FNO. The minimum absolute atomic E-state index is 0.265. The monoisotopic (exact) mass is 265 g/mol. The van der Waals surface area contributed by atoms with E-state index < -0.39 is 5.82 Å². The van der Waals surface area contributed by atoms with Crippen LogP contribution in [-0.4, -0.2) is 10.8 Å². The Kier molecular flexibility index (Phi) is 3.03. The SMILES string of the molecule is Cc1cc(F)cc(C(=O)c2ccc3ccccc3n2)c1. The summed E-state index contributed by atoms with van der Waals surface area (Å²) < 4.78 is 13.4. The van der Waals surface area contributed by atoms with Gasteiger partial charge in [-0.1, -0.05) is 24.3 Å². The highest BCUT2D eigenvalue weighted by Gasteiger charge is 2.12. The van der Waals surface area contributed by atoms with Crippen LogP contribution in [-0.2, 0) is 0 Å². The first kappa shape index (κ1) is 12.5. The second-order valence-corrected chi connectivity index (χ2v) is 4.74. The molecule has 0 aliphatic heterocycles. The molecule has 0 bridgehead atoms. The summed E-state index contributed by atoms with van der Waals surface area (Å²) in [6.07, 6.45) is 0. The topological polar surface area (TPSA) is 30.0 Å². The summed E-state index contributed by atoms with van der Waals surface area (Å²) >= 11 is 0. The fourth-order valence-corrected chi connectivity index (χ4v) is 2.21. The van der Waals surface area contributed by atoms with E-state index in [0.717, 1.165) is 10.9 Å². The van der Waals surface area contributed by atoms with Gasteiger partial charge in [0.15, 0.2) is 0 Å². The molecule has 0 aliphatic carbocycles. The van der Waals surface area contributed by atoms with Crippen LogP contribution in [0.3, 0.4) is 0 Å². The highest BCUT2D eigenvalue weighted by molar-refractivity contribution is 6.08. The van der Waals surface area contributed by atoms with Gasteiger partial charge in [-0.15, -0.1) is 0 Å². The van der Waals surface area contributed by atoms with Crippen LogP contribution in [0, 0.1) is 12.7 Å². The number of aryl methyl sites for hydroxylation is 1. The molecule has 1 aromatic heterocycles. The molecule has 3 heteroatoms. The normalized spacial score (nSPS) is 10.7. The Bertz CT molecular complexity index is 791. The Balaban J connectivity index is 2.07. The summed E-state index contributed by atoms with van der Waals surface area (Å²) in [6, 6.07) is 15.4. The fraction of sp³-hybridized carbons (Fsp3) is 0.0588. The van der Waals surface area contributed by atoms with Crippen molar-refractivity contribution in [1.82, 2.24) is 4.98 Å². The van der Waals surface area contributed by atoms with E-state index in [1.165, 1.54) is 12.1 Å². The summed E-state index contributed by atoms with van der Waals surface area (Å²) in [5, 5.41) is 0.972. The zero-order chi connectivity index (χ0) is 14.1. The van der Waals surface area contributed by atoms with Crippen molar-refractivity contribution in [2.24, 2.45) is 0 Å². The molecule has 0 fully saturated rings. The third-order valence-corrected chi connectivity index (χ3v) is 3.14. The van der Waals surface area contributed by atoms with Gasteiger partial charge in [0.05, 0.1) is 5.52 Å². The van der Waals surface area contributed by atoms with Crippen molar-refractivity contribution < 1.29 is 9.18 Å². The minimum atomic E-state index is -0.408. The number of halogens is 1. The van der Waals surface area contributed by atoms with E-state index in [2.05, 4.69) is 4.98 Å². The smallest absolute Gasteiger partial charge is 0.211 e. The average Bonchev–Trinajstić information content (AvgIpc) is 2.45. The Morgan fingerprint density at radius 2 is 1.85 bits per heavy atom. The maximum Gasteiger partial charge on any atom is 0.211 e. The molecule has 2 aromatic carbocycles. The van der Waals surface area contributed by atoms with Gasteiger partial charge in [0.25, 0.3) is 0 Å². The number of hydrogen-bond donors (Lipinski definition) is 0. The number of hydrogen-bond acceptors (Lipinski definition) is 2. The van der Waals surface area contributed by atoms with E-state index in [-0.39, 0.29) is 5.78 Å². The van der Waals surface area contributed by atoms with Crippen molar-refractivity contribution in [2.45, 2.75) is 6.92 Å². The minimum Gasteiger partial charge on any atom is -0.287 e. The quantitative estimate of drug-likeness (QED) is 0.657. The molecule has 0 unspecified atom stereocenters. The van der Waals surface area contributed by atoms with Crippen LogP contribution in [0.4, 0.5) is 4.39 Å². The van der Waals surface area contributed by atoms with Gasteiger partial charge in [-0.05, 0) is 42.8 Å². The number of aromatic nitrogens is 1. The van der Waals surface area contributed by atoms with Crippen molar-refractivity contribution in [2.75, 3.05) is 0 Å². The van der Waals surface area contributed by atoms with E-state index >= 15 is 0 Å². The molecular weight excluding hydrogens is 253 g/mol. The number of ketones is 1. The van der Waals surface area contributed by atoms with Gasteiger partial charge in [-0.25, -0.2) is 9.37 Å². The molecule has 0 radical (unpaired) electrons. The Hall–Kier alpha value is -2.55. The third kappa shape index (κ3) is 2.30. The molecule has 0 saturated carbocycles. The second kappa shape index (κ2) is 4.85. The molecule has 3 rings (SSSR count). The number of benzene rings is 2. The van der Waals surface area contributed by atoms with Gasteiger partial charge in [0.1, 0.15) is 11.5 Å². The maximum atomic E-state index is 13.4. The molecule has 0 amide bonds. The molecule has 0 aliphatic rings. The van der Waals surface area contributed by atoms with E-state index in [9.17, 15) is 9.18 Å². The highest BCUT2D eigenvalue weighted by atomic mass is 19.1. The van der Waals surface area contributed by atoms with Gasteiger partial charge in [0.2, 0.25) is 5.78 Å². The average molecular weight is 265 g/mol. The summed E-state index contributed by atoms with van der Waals surface area (Å²) in [5.74, 6) is -0.674. The Morgan fingerprint density at radius 3 is 2.65 bits per heavy atom. The summed E-state index contributed by atoms with van der Waals surface area (Å²) in [5.41, 5.74) is 2.12. The van der Waals surface area contributed by atoms with E-state index in [1.54, 1.807) is 19.1 Å². The number of para-hydroxylation sites is 1. The van der Waals surface area contributed by atoms with Crippen molar-refractivity contribution >= 4 is 16.7 Å². The lowest BCUT2D eigenvalue weighted by Crippen LogP contribution is -2.05. The summed E-state index contributed by atoms with van der Waals surface area (Å²) in [4.78, 5) is 16.7. The van der Waals surface area contributed by atoms with Crippen molar-refractivity contribution in [3.63, 3.8) is 0 Å². The molecule has 0 spiro atoms. The summed E-state index contributed by atoms with van der Waals surface area (Å²) in [6.45, 7) is 1.76. The number of rotatable bonds is 2. The van der Waals surface area contributed by atoms with Gasteiger partial charge >= 0.3 is 0 Å². The third-order valence-electron chi connectivity index (χ3n) is 3.14. The maximum absolute atomic E-state index is 13.4. The van der Waals surface area contributed by atoms with Gasteiger partial charge in [-0.2, -0.15) is 0 Å². The summed E-state index contributed by atoms with van der Waals surface area (Å²) in [7, 11) is 0. The number of carbonyl (C=O) groups is 1. The van der Waals surface area contributed by atoms with Crippen LogP contribution in [0.15, 0.2) is 54.6 Å². The molecule has 0 N–H and O–H groups in total. The van der Waals surface area contributed by atoms with Crippen molar-refractivity contribution in [3.8, 4) is 0 Å². The zero-order valence-electron chi connectivity index (χ0n) is 10.9. The number of carbonyl (C=O) groups excluding carboxylic acids is 1. The lowest BCUT2D eigenvalue weighted by Gasteiger charge is -2.04. The van der Waals surface area contributed by atoms with Crippen LogP contribution in [0.25, 0.3) is 10.9 Å². The molecule has 1 heterocycles. The van der Waals surface area contributed by atoms with Crippen LogP contribution in [0.2, 0.25) is 0 Å². The first-order valence-electron chi connectivity index (χ1n) is 6.31. The molecule has 2 nitrogen and oxygen atoms in total. The fourth-order valence-electron chi connectivity index (χ4n) is 2.21. The number of fused-ring (bicyclic) bond motifs is 1. The zero-order valence-corrected chi connectivity index (χ0v) is 10.9. The van der Waals surface area contributed by atoms with Crippen LogP contribution in [0.5, 0.6) is 0 Å². The van der Waals surface area contributed by atoms with E-state index in [4.69, 9.17) is 0 Å². The lowest BCUT2D eigenvalue weighted by molar-refractivity contribution is 0.103. The molecule has 0 saturated heterocycles. The first-order chi connectivity index (χ1) is 9.63. The molecule has 0 atom stereocenters. The molecule has 98 valence electrons. The molecule has 3 aromatic rings. The highest BCUT2D eigenvalue weighted by Crippen LogP contribution is 2.16. The van der Waals surface area contributed by atoms with Crippen LogP contribution in [0.1, 0.15) is 21.6 Å². The number of nitrogens with zero attached hydrogens (tertiary/aromatic N) is 1. The van der Waals surface area contributed by atoms with Crippen LogP contribution < -0.4 is 0 Å². The first-order valence-corrected chi connectivity index (χ1v) is 6.31. The Morgan fingerprint density at radius 1 is 1.05 bits per heavy atom. The molecule has 20 heavy (non-hydrogen) atoms. The van der Waals surface area contributed by atoms with Crippen molar-refractivity contribution in [3.05, 3.63) is 77.2 Å². The van der Waals surface area contributed by atoms with Gasteiger partial charge in [-0.3, -0.25) is 4.79 Å². The lowest BCUT2D eigenvalue weighted by atomic mass is 10.0. The number of pyridine rings is 1. The van der Waals surface area contributed by atoms with Crippen LogP contribution >= 0.6 is 0 Å². The predicted octanol–water partition coefficient (Wildman–Crippen LogP) is 3.91. The van der Waals surface area contributed by atoms with Crippen molar-refractivity contribution in [1.29, 1.82) is 0 Å². The predicted molar refractivity (Wildman–Crippen MR) is 76.3 cm³/mol.